The van der Waals surface area contributed by atoms with Gasteiger partial charge in [0.2, 0.25) is 5.91 Å². The number of ether oxygens (including phenoxy) is 1. The Balaban J connectivity index is 1.72. The maximum Gasteiger partial charge on any atom is 0.237 e. The molecule has 3 rings (SSSR count). The number of aromatic nitrogens is 3. The highest BCUT2D eigenvalue weighted by Crippen LogP contribution is 2.28. The van der Waals surface area contributed by atoms with Gasteiger partial charge in [-0.1, -0.05) is 47.7 Å². The molecular weight excluding hydrogens is 360 g/mol. The lowest BCUT2D eigenvalue weighted by Crippen LogP contribution is -2.23. The second kappa shape index (κ2) is 8.26. The van der Waals surface area contributed by atoms with Crippen LogP contribution in [-0.2, 0) is 11.8 Å². The molecule has 140 valence electrons. The molecule has 0 fully saturated rings. The highest BCUT2D eigenvalue weighted by molar-refractivity contribution is 8.00. The first kappa shape index (κ1) is 19.0. The Morgan fingerprint density at radius 3 is 2.70 bits per heavy atom. The summed E-state index contributed by atoms with van der Waals surface area (Å²) in [5.41, 5.74) is 2.81. The molecule has 1 atom stereocenters. The van der Waals surface area contributed by atoms with Crippen molar-refractivity contribution in [2.45, 2.75) is 24.3 Å². The van der Waals surface area contributed by atoms with E-state index in [0.717, 1.165) is 17.0 Å². The van der Waals surface area contributed by atoms with E-state index in [1.807, 2.05) is 67.9 Å². The van der Waals surface area contributed by atoms with E-state index in [9.17, 15) is 4.79 Å². The molecule has 1 aromatic heterocycles. The molecule has 1 unspecified atom stereocenters. The predicted molar refractivity (Wildman–Crippen MR) is 108 cm³/mol. The number of benzene rings is 2. The zero-order chi connectivity index (χ0) is 19.4. The van der Waals surface area contributed by atoms with Crippen molar-refractivity contribution in [3.05, 3.63) is 54.1 Å². The number of para-hydroxylation sites is 2. The molecule has 6 nitrogen and oxygen atoms in total. The Morgan fingerprint density at radius 2 is 1.96 bits per heavy atom. The molecule has 0 saturated heterocycles. The third-order valence-corrected chi connectivity index (χ3v) is 5.26. The van der Waals surface area contributed by atoms with Gasteiger partial charge in [0.1, 0.15) is 5.75 Å². The van der Waals surface area contributed by atoms with Crippen molar-refractivity contribution in [3.63, 3.8) is 0 Å². The van der Waals surface area contributed by atoms with Crippen LogP contribution in [0, 0.1) is 6.92 Å². The van der Waals surface area contributed by atoms with Crippen LogP contribution in [0.5, 0.6) is 5.75 Å². The molecule has 1 heterocycles. The van der Waals surface area contributed by atoms with Crippen LogP contribution in [0.15, 0.2) is 53.7 Å². The highest BCUT2D eigenvalue weighted by atomic mass is 32.2. The van der Waals surface area contributed by atoms with Crippen molar-refractivity contribution in [2.24, 2.45) is 7.05 Å². The second-order valence-corrected chi connectivity index (χ2v) is 7.49. The average Bonchev–Trinajstić information content (AvgIpc) is 3.02. The number of thioether (sulfide) groups is 1. The molecule has 0 aliphatic carbocycles. The van der Waals surface area contributed by atoms with Crippen LogP contribution in [0.1, 0.15) is 12.5 Å². The number of hydrogen-bond acceptors (Lipinski definition) is 5. The molecule has 0 bridgehead atoms. The summed E-state index contributed by atoms with van der Waals surface area (Å²) >= 11 is 1.37. The highest BCUT2D eigenvalue weighted by Gasteiger charge is 2.20. The van der Waals surface area contributed by atoms with Gasteiger partial charge in [0, 0.05) is 12.6 Å². The topological polar surface area (TPSA) is 69.0 Å². The van der Waals surface area contributed by atoms with Gasteiger partial charge < -0.3 is 14.6 Å². The van der Waals surface area contributed by atoms with Gasteiger partial charge in [-0.3, -0.25) is 4.79 Å². The van der Waals surface area contributed by atoms with Crippen LogP contribution in [0.4, 0.5) is 5.69 Å². The lowest BCUT2D eigenvalue weighted by molar-refractivity contribution is -0.115. The molecule has 1 N–H and O–H groups in total. The molecule has 1 amide bonds. The molecule has 0 aliphatic heterocycles. The summed E-state index contributed by atoms with van der Waals surface area (Å²) in [4.78, 5) is 12.6. The lowest BCUT2D eigenvalue weighted by atomic mass is 10.1. The van der Waals surface area contributed by atoms with Gasteiger partial charge in [-0.15, -0.1) is 10.2 Å². The Kier molecular flexibility index (Phi) is 5.81. The number of aryl methyl sites for hydroxylation is 1. The Bertz CT molecular complexity index is 955. The molecule has 27 heavy (non-hydrogen) atoms. The first-order chi connectivity index (χ1) is 13.0. The number of carbonyl (C=O) groups excluding carboxylic acids is 1. The zero-order valence-corrected chi connectivity index (χ0v) is 16.6. The number of carbonyl (C=O) groups is 1. The van der Waals surface area contributed by atoms with Crippen LogP contribution in [0.2, 0.25) is 0 Å². The van der Waals surface area contributed by atoms with Crippen LogP contribution < -0.4 is 10.1 Å². The van der Waals surface area contributed by atoms with Gasteiger partial charge >= 0.3 is 0 Å². The minimum absolute atomic E-state index is 0.121. The lowest BCUT2D eigenvalue weighted by Gasteiger charge is -2.13. The second-order valence-electron chi connectivity index (χ2n) is 6.18. The number of nitrogens with zero attached hydrogens (tertiary/aromatic N) is 3. The van der Waals surface area contributed by atoms with Crippen molar-refractivity contribution in [1.29, 1.82) is 0 Å². The summed E-state index contributed by atoms with van der Waals surface area (Å²) in [6.07, 6.45) is 0. The monoisotopic (exact) mass is 382 g/mol. The standard InChI is InChI=1S/C20H22N4O2S/c1-13-8-7-9-15(12-13)18-22-23-20(24(18)3)27-14(2)19(25)21-16-10-5-6-11-17(16)26-4/h5-12,14H,1-4H3,(H,21,25). The van der Waals surface area contributed by atoms with E-state index >= 15 is 0 Å². The summed E-state index contributed by atoms with van der Waals surface area (Å²) in [6.45, 7) is 3.89. The first-order valence-electron chi connectivity index (χ1n) is 8.56. The minimum atomic E-state index is -0.344. The Hall–Kier alpha value is -2.80. The number of methoxy groups -OCH3 is 1. The number of nitrogens with one attached hydrogen (secondary N) is 1. The number of rotatable bonds is 6. The molecule has 0 radical (unpaired) electrons. The van der Waals surface area contributed by atoms with E-state index in [0.29, 0.717) is 16.6 Å². The molecule has 3 aromatic rings. The largest absolute Gasteiger partial charge is 0.495 e. The van der Waals surface area contributed by atoms with Crippen LogP contribution >= 0.6 is 11.8 Å². The van der Waals surface area contributed by atoms with E-state index in [4.69, 9.17) is 4.74 Å². The van der Waals surface area contributed by atoms with Gasteiger partial charge in [0.05, 0.1) is 18.0 Å². The van der Waals surface area contributed by atoms with Gasteiger partial charge in [0.25, 0.3) is 0 Å². The van der Waals surface area contributed by atoms with Crippen molar-refractivity contribution >= 4 is 23.4 Å². The zero-order valence-electron chi connectivity index (χ0n) is 15.8. The van der Waals surface area contributed by atoms with Crippen LogP contribution in [0.3, 0.4) is 0 Å². The average molecular weight is 382 g/mol. The van der Waals surface area contributed by atoms with Gasteiger partial charge in [-0.2, -0.15) is 0 Å². The smallest absolute Gasteiger partial charge is 0.237 e. The third kappa shape index (κ3) is 4.31. The Labute approximate surface area is 163 Å². The summed E-state index contributed by atoms with van der Waals surface area (Å²) in [6, 6.07) is 15.4. The quantitative estimate of drug-likeness (QED) is 0.655. The van der Waals surface area contributed by atoms with Gasteiger partial charge in [-0.05, 0) is 32.0 Å². The molecular formula is C20H22N4O2S. The number of amides is 1. The SMILES string of the molecule is COc1ccccc1NC(=O)C(C)Sc1nnc(-c2cccc(C)c2)n1C. The summed E-state index contributed by atoms with van der Waals surface area (Å²) in [5, 5.41) is 11.8. The molecule has 0 saturated carbocycles. The van der Waals surface area contributed by atoms with Crippen molar-refractivity contribution in [3.8, 4) is 17.1 Å². The summed E-state index contributed by atoms with van der Waals surface area (Å²) in [5.74, 6) is 1.28. The molecule has 2 aromatic carbocycles. The maximum atomic E-state index is 12.6. The van der Waals surface area contributed by atoms with E-state index < -0.39 is 0 Å². The molecule has 7 heteroatoms. The van der Waals surface area contributed by atoms with Crippen molar-refractivity contribution in [2.75, 3.05) is 12.4 Å². The van der Waals surface area contributed by atoms with E-state index in [1.165, 1.54) is 11.8 Å². The normalized spacial score (nSPS) is 11.9. The third-order valence-electron chi connectivity index (χ3n) is 4.13. The van der Waals surface area contributed by atoms with Crippen LogP contribution in [0.25, 0.3) is 11.4 Å². The van der Waals surface area contributed by atoms with Crippen molar-refractivity contribution < 1.29 is 9.53 Å². The van der Waals surface area contributed by atoms with E-state index in [2.05, 4.69) is 21.6 Å². The van der Waals surface area contributed by atoms with Crippen molar-refractivity contribution in [1.82, 2.24) is 14.8 Å². The van der Waals surface area contributed by atoms with Gasteiger partial charge in [0.15, 0.2) is 11.0 Å². The maximum absolute atomic E-state index is 12.6. The van der Waals surface area contributed by atoms with E-state index in [1.54, 1.807) is 7.11 Å². The van der Waals surface area contributed by atoms with E-state index in [-0.39, 0.29) is 11.2 Å². The number of anilines is 1. The number of hydrogen-bond donors (Lipinski definition) is 1. The summed E-state index contributed by atoms with van der Waals surface area (Å²) < 4.78 is 7.19. The minimum Gasteiger partial charge on any atom is -0.495 e. The molecule has 0 spiro atoms. The first-order valence-corrected chi connectivity index (χ1v) is 9.44. The fourth-order valence-electron chi connectivity index (χ4n) is 2.65. The predicted octanol–water partition coefficient (Wildman–Crippen LogP) is 3.92. The fourth-order valence-corrected chi connectivity index (χ4v) is 3.46. The fraction of sp³-hybridized carbons (Fsp3) is 0.250. The molecule has 0 aliphatic rings. The van der Waals surface area contributed by atoms with Gasteiger partial charge in [-0.25, -0.2) is 0 Å². The Morgan fingerprint density at radius 1 is 1.19 bits per heavy atom. The van der Waals surface area contributed by atoms with Crippen LogP contribution in [-0.4, -0.2) is 33.0 Å². The summed E-state index contributed by atoms with van der Waals surface area (Å²) in [7, 11) is 3.49.